The predicted octanol–water partition coefficient (Wildman–Crippen LogP) is 4.85. The molecule has 200 valence electrons. The van der Waals surface area contributed by atoms with Gasteiger partial charge in [0.15, 0.2) is 0 Å². The second kappa shape index (κ2) is 10.8. The summed E-state index contributed by atoms with van der Waals surface area (Å²) in [5, 5.41) is 3.16. The van der Waals surface area contributed by atoms with Gasteiger partial charge < -0.3 is 14.9 Å². The first-order valence-electron chi connectivity index (χ1n) is 14.1. The maximum Gasteiger partial charge on any atom is 0.280 e. The summed E-state index contributed by atoms with van der Waals surface area (Å²) < 4.78 is 15.6. The van der Waals surface area contributed by atoms with Gasteiger partial charge in [-0.25, -0.2) is 4.39 Å². The Hall–Kier alpha value is -3.26. The van der Waals surface area contributed by atoms with E-state index in [1.807, 2.05) is 0 Å². The van der Waals surface area contributed by atoms with E-state index in [9.17, 15) is 14.0 Å². The Balaban J connectivity index is 1.32. The molecule has 0 spiro atoms. The van der Waals surface area contributed by atoms with E-state index >= 15 is 0 Å². The number of likely N-dealkylation sites (tertiary alicyclic amines) is 1. The number of rotatable bonds is 6. The van der Waals surface area contributed by atoms with E-state index in [0.717, 1.165) is 69.2 Å². The van der Waals surface area contributed by atoms with Crippen LogP contribution in [0.1, 0.15) is 79.8 Å². The van der Waals surface area contributed by atoms with Crippen LogP contribution in [-0.4, -0.2) is 45.4 Å². The minimum absolute atomic E-state index is 0.0496. The molecule has 38 heavy (non-hydrogen) atoms. The maximum atomic E-state index is 13.4. The molecule has 0 atom stereocenters. The average Bonchev–Trinajstić information content (AvgIpc) is 3.68. The van der Waals surface area contributed by atoms with Gasteiger partial charge in [0.1, 0.15) is 5.82 Å². The second-order valence-electron chi connectivity index (χ2n) is 11.2. The number of hydrogen-bond acceptors (Lipinski definition) is 3. The number of amides is 2. The van der Waals surface area contributed by atoms with Crippen LogP contribution in [0.5, 0.6) is 0 Å². The van der Waals surface area contributed by atoms with Crippen molar-refractivity contribution in [1.29, 1.82) is 0 Å². The van der Waals surface area contributed by atoms with E-state index in [0.29, 0.717) is 17.2 Å². The van der Waals surface area contributed by atoms with Crippen molar-refractivity contribution in [2.24, 2.45) is 10.9 Å². The van der Waals surface area contributed by atoms with Gasteiger partial charge >= 0.3 is 0 Å². The lowest BCUT2D eigenvalue weighted by Crippen LogP contribution is -2.36. The Morgan fingerprint density at radius 2 is 1.68 bits per heavy atom. The molecule has 7 nitrogen and oxygen atoms in total. The summed E-state index contributed by atoms with van der Waals surface area (Å²) in [4.78, 5) is 36.1. The summed E-state index contributed by atoms with van der Waals surface area (Å²) >= 11 is 0. The zero-order chi connectivity index (χ0) is 26.1. The third-order valence-electron chi connectivity index (χ3n) is 8.31. The van der Waals surface area contributed by atoms with Crippen molar-refractivity contribution in [3.63, 3.8) is 0 Å². The minimum atomic E-state index is -0.406. The predicted molar refractivity (Wildman–Crippen MR) is 144 cm³/mol. The number of nitrogens with one attached hydrogen (secondary N) is 2. The van der Waals surface area contributed by atoms with Crippen molar-refractivity contribution in [2.75, 3.05) is 13.1 Å². The molecule has 2 aliphatic carbocycles. The van der Waals surface area contributed by atoms with Gasteiger partial charge in [-0.3, -0.25) is 14.5 Å². The number of fused-ring (bicyclic) bond motifs is 1. The van der Waals surface area contributed by atoms with Crippen molar-refractivity contribution in [3.8, 4) is 0 Å². The molecule has 2 aromatic carbocycles. The first kappa shape index (κ1) is 25.0. The summed E-state index contributed by atoms with van der Waals surface area (Å²) in [6.07, 6.45) is 9.34. The van der Waals surface area contributed by atoms with E-state index in [1.165, 1.54) is 49.1 Å². The third kappa shape index (κ3) is 5.60. The lowest BCUT2D eigenvalue weighted by atomic mass is 9.85. The first-order chi connectivity index (χ1) is 18.5. The fraction of sp³-hybridized carbons (Fsp3) is 0.500. The quantitative estimate of drug-likeness (QED) is 0.491. The fourth-order valence-electron chi connectivity index (χ4n) is 6.00. The molecule has 6 rings (SSSR count). The van der Waals surface area contributed by atoms with Gasteiger partial charge in [-0.15, -0.1) is 0 Å². The highest BCUT2D eigenvalue weighted by Crippen LogP contribution is 2.34. The van der Waals surface area contributed by atoms with Crippen LogP contribution in [-0.2, 0) is 11.3 Å². The van der Waals surface area contributed by atoms with Crippen molar-refractivity contribution in [3.05, 3.63) is 65.0 Å². The molecule has 3 aliphatic rings. The van der Waals surface area contributed by atoms with Crippen molar-refractivity contribution < 1.29 is 14.0 Å². The first-order valence-corrected chi connectivity index (χ1v) is 14.1. The molecule has 2 saturated carbocycles. The molecule has 0 bridgehead atoms. The number of halogens is 1. The highest BCUT2D eigenvalue weighted by molar-refractivity contribution is 5.95. The van der Waals surface area contributed by atoms with E-state index in [4.69, 9.17) is 0 Å². The van der Waals surface area contributed by atoms with Crippen LogP contribution in [0.25, 0.3) is 11.0 Å². The number of imidazole rings is 1. The highest BCUT2D eigenvalue weighted by Gasteiger charge is 2.32. The molecule has 2 heterocycles. The molecular formula is C30H36FN5O2. The fourth-order valence-corrected chi connectivity index (χ4v) is 6.00. The Kier molecular flexibility index (Phi) is 7.15. The van der Waals surface area contributed by atoms with E-state index in [2.05, 4.69) is 43.0 Å². The second-order valence-corrected chi connectivity index (χ2v) is 11.2. The average molecular weight is 518 g/mol. The molecule has 2 amide bonds. The number of piperidine rings is 1. The largest absolute Gasteiger partial charge is 0.353 e. The van der Waals surface area contributed by atoms with Crippen LogP contribution in [0.4, 0.5) is 4.39 Å². The molecule has 1 aromatic heterocycles. The van der Waals surface area contributed by atoms with Crippen molar-refractivity contribution >= 4 is 22.8 Å². The van der Waals surface area contributed by atoms with E-state index in [1.54, 1.807) is 0 Å². The van der Waals surface area contributed by atoms with Crippen molar-refractivity contribution in [2.45, 2.75) is 76.4 Å². The van der Waals surface area contributed by atoms with Gasteiger partial charge in [0.25, 0.3) is 5.91 Å². The van der Waals surface area contributed by atoms with Gasteiger partial charge in [0.05, 0.1) is 11.0 Å². The maximum absolute atomic E-state index is 13.4. The molecular weight excluding hydrogens is 481 g/mol. The van der Waals surface area contributed by atoms with Gasteiger partial charge in [-0.2, -0.15) is 4.99 Å². The van der Waals surface area contributed by atoms with Gasteiger partial charge in [0, 0.05) is 30.1 Å². The number of aromatic nitrogens is 2. The van der Waals surface area contributed by atoms with Crippen LogP contribution < -0.4 is 10.9 Å². The molecule has 1 saturated heterocycles. The Morgan fingerprint density at radius 3 is 2.39 bits per heavy atom. The molecule has 0 unspecified atom stereocenters. The number of nitrogens with zero attached hydrogens (tertiary/aromatic N) is 3. The summed E-state index contributed by atoms with van der Waals surface area (Å²) in [6.45, 7) is 3.17. The number of carbonyl (C=O) groups is 2. The summed E-state index contributed by atoms with van der Waals surface area (Å²) in [6, 6.07) is 12.5. The molecule has 1 aliphatic heterocycles. The third-order valence-corrected chi connectivity index (χ3v) is 8.31. The highest BCUT2D eigenvalue weighted by atomic mass is 19.1. The summed E-state index contributed by atoms with van der Waals surface area (Å²) in [5.74, 6) is -0.550. The number of H-pyrrole nitrogens is 1. The van der Waals surface area contributed by atoms with Gasteiger partial charge in [-0.1, -0.05) is 12.5 Å². The molecule has 8 heteroatoms. The Morgan fingerprint density at radius 1 is 0.947 bits per heavy atom. The van der Waals surface area contributed by atoms with Crippen LogP contribution >= 0.6 is 0 Å². The number of carbonyl (C=O) groups excluding carboxylic acids is 2. The lowest BCUT2D eigenvalue weighted by Gasteiger charge is -2.29. The lowest BCUT2D eigenvalue weighted by molar-refractivity contribution is -0.126. The molecule has 0 radical (unpaired) electrons. The normalized spacial score (nSPS) is 23.0. The number of aromatic amines is 1. The summed E-state index contributed by atoms with van der Waals surface area (Å²) in [5.41, 5.74) is 4.09. The van der Waals surface area contributed by atoms with Gasteiger partial charge in [0.2, 0.25) is 11.5 Å². The Bertz CT molecular complexity index is 1370. The molecule has 3 aromatic rings. The number of benzene rings is 2. The smallest absolute Gasteiger partial charge is 0.280 e. The van der Waals surface area contributed by atoms with Gasteiger partial charge in [-0.05, 0) is 106 Å². The minimum Gasteiger partial charge on any atom is -0.353 e. The zero-order valence-electron chi connectivity index (χ0n) is 21.8. The molecule has 2 N–H and O–H groups in total. The summed E-state index contributed by atoms with van der Waals surface area (Å²) in [7, 11) is 0. The van der Waals surface area contributed by atoms with Crippen LogP contribution in [0, 0.1) is 11.7 Å². The van der Waals surface area contributed by atoms with Crippen LogP contribution in [0.3, 0.4) is 0 Å². The molecule has 3 fully saturated rings. The van der Waals surface area contributed by atoms with E-state index < -0.39 is 5.91 Å². The zero-order valence-corrected chi connectivity index (χ0v) is 21.8. The SMILES string of the molecule is O=C(/N=c1\[nH]c2ccc(CN3CCCCC3)cc2n1[C@H]1CC[C@@H](C(=O)NC2CC2)CC1)c1ccc(F)cc1. The standard InChI is InChI=1S/C30H36FN5O2/c31-23-9-5-21(6-10-23)29(38)34-30-33-26-15-4-20(19-35-16-2-1-3-17-35)18-27(26)36(30)25-13-7-22(8-14-25)28(37)32-24-11-12-24/h4-6,9-10,15,18,22,24-25H,1-3,7-8,11-14,16-17,19H2,(H,32,37)(H,33,34,38)/t22-,25+. The van der Waals surface area contributed by atoms with E-state index in [-0.39, 0.29) is 23.7 Å². The van der Waals surface area contributed by atoms with Crippen LogP contribution in [0.2, 0.25) is 0 Å². The monoisotopic (exact) mass is 517 g/mol. The topological polar surface area (TPSA) is 82.5 Å². The Labute approximate surface area is 222 Å². The van der Waals surface area contributed by atoms with Crippen LogP contribution in [0.15, 0.2) is 47.5 Å². The van der Waals surface area contributed by atoms with Crippen molar-refractivity contribution in [1.82, 2.24) is 19.8 Å². The number of hydrogen-bond donors (Lipinski definition) is 2.